The van der Waals surface area contributed by atoms with Gasteiger partial charge in [0.2, 0.25) is 6.08 Å². The van der Waals surface area contributed by atoms with Crippen LogP contribution in [0.25, 0.3) is 0 Å². The lowest BCUT2D eigenvalue weighted by Crippen LogP contribution is -1.42. The van der Waals surface area contributed by atoms with Gasteiger partial charge in [0.1, 0.15) is 0 Å². The molecule has 0 aliphatic rings. The van der Waals surface area contributed by atoms with E-state index in [-0.39, 0.29) is 0 Å². The first-order chi connectivity index (χ1) is 4.31. The predicted octanol–water partition coefficient (Wildman–Crippen LogP) is 1.96. The normalized spacial score (nSPS) is 6.78. The van der Waals surface area contributed by atoms with Crippen LogP contribution in [0.15, 0.2) is 17.5 Å². The van der Waals surface area contributed by atoms with Crippen LogP contribution in [0.2, 0.25) is 0 Å². The van der Waals surface area contributed by atoms with E-state index in [4.69, 9.17) is 10.2 Å². The third-order valence-corrected chi connectivity index (χ3v) is 1.46. The summed E-state index contributed by atoms with van der Waals surface area (Å²) in [5.74, 6) is 0. The Kier molecular flexibility index (Phi) is 4.69. The molecule has 0 atom stereocenters. The van der Waals surface area contributed by atoms with Gasteiger partial charge in [0.25, 0.3) is 0 Å². The third kappa shape index (κ3) is 4.94. The highest BCUT2D eigenvalue weighted by molar-refractivity contribution is 7.09. The number of isocyanates is 1. The number of carbonyl (C=O) groups excluding carboxylic acids is 1. The van der Waals surface area contributed by atoms with E-state index in [0.717, 1.165) is 6.08 Å². The van der Waals surface area contributed by atoms with Gasteiger partial charge in [-0.05, 0) is 18.4 Å². The minimum Gasteiger partial charge on any atom is -0.222 e. The third-order valence-electron chi connectivity index (χ3n) is 0.663. The summed E-state index contributed by atoms with van der Waals surface area (Å²) in [6, 6.07) is 4.16. The molecule has 1 aromatic rings. The summed E-state index contributed by atoms with van der Waals surface area (Å²) >= 11 is 1.78. The molecule has 0 aromatic carbocycles. The van der Waals surface area contributed by atoms with Gasteiger partial charge in [-0.2, -0.15) is 0 Å². The molecule has 0 bridgehead atoms. The molecular formula is C6H7NOS. The highest BCUT2D eigenvalue weighted by Crippen LogP contribution is 2.03. The van der Waals surface area contributed by atoms with Crippen molar-refractivity contribution in [1.29, 1.82) is 5.41 Å². The monoisotopic (exact) mass is 141 g/mol. The van der Waals surface area contributed by atoms with Crippen molar-refractivity contribution >= 4 is 17.4 Å². The first-order valence-corrected chi connectivity index (χ1v) is 3.23. The van der Waals surface area contributed by atoms with Gasteiger partial charge in [-0.25, -0.2) is 10.2 Å². The Morgan fingerprint density at radius 2 is 2.33 bits per heavy atom. The molecule has 2 nitrogen and oxygen atoms in total. The minimum absolute atomic E-state index is 0.750. The van der Waals surface area contributed by atoms with Crippen LogP contribution in [0.5, 0.6) is 0 Å². The number of aryl methyl sites for hydroxylation is 1. The molecule has 3 heteroatoms. The van der Waals surface area contributed by atoms with Crippen molar-refractivity contribution in [1.82, 2.24) is 0 Å². The van der Waals surface area contributed by atoms with E-state index in [1.807, 2.05) is 0 Å². The highest BCUT2D eigenvalue weighted by atomic mass is 32.1. The Hall–Kier alpha value is -0.920. The number of rotatable bonds is 0. The zero-order chi connectivity index (χ0) is 7.11. The fourth-order valence-corrected chi connectivity index (χ4v) is 0.890. The highest BCUT2D eigenvalue weighted by Gasteiger charge is 1.74. The Morgan fingerprint density at radius 3 is 2.44 bits per heavy atom. The average molecular weight is 141 g/mol. The Labute approximate surface area is 57.7 Å². The molecule has 1 aromatic heterocycles. The van der Waals surface area contributed by atoms with E-state index in [2.05, 4.69) is 24.4 Å². The van der Waals surface area contributed by atoms with Crippen molar-refractivity contribution in [2.75, 3.05) is 0 Å². The van der Waals surface area contributed by atoms with Crippen LogP contribution >= 0.6 is 11.3 Å². The van der Waals surface area contributed by atoms with E-state index < -0.39 is 0 Å². The summed E-state index contributed by atoms with van der Waals surface area (Å²) in [4.78, 5) is 9.73. The standard InChI is InChI=1S/C5H6S.CHNO/c1-5-3-2-4-6-5;2-1-3/h2-4H,1H3;2H. The van der Waals surface area contributed by atoms with Crippen molar-refractivity contribution < 1.29 is 4.79 Å². The molecule has 0 spiro atoms. The van der Waals surface area contributed by atoms with Gasteiger partial charge >= 0.3 is 0 Å². The summed E-state index contributed by atoms with van der Waals surface area (Å²) in [5.41, 5.74) is 0. The van der Waals surface area contributed by atoms with Crippen LogP contribution in [0.4, 0.5) is 0 Å². The molecule has 1 heterocycles. The van der Waals surface area contributed by atoms with E-state index in [1.165, 1.54) is 4.88 Å². The fourth-order valence-electron chi connectivity index (χ4n) is 0.361. The maximum Gasteiger partial charge on any atom is 0.231 e. The van der Waals surface area contributed by atoms with E-state index >= 15 is 0 Å². The lowest BCUT2D eigenvalue weighted by Gasteiger charge is -1.65. The van der Waals surface area contributed by atoms with Crippen LogP contribution in [-0.4, -0.2) is 6.08 Å². The van der Waals surface area contributed by atoms with Gasteiger partial charge in [0.05, 0.1) is 0 Å². The van der Waals surface area contributed by atoms with Crippen LogP contribution < -0.4 is 0 Å². The summed E-state index contributed by atoms with van der Waals surface area (Å²) in [6.07, 6.45) is 0.750. The molecule has 0 aliphatic carbocycles. The second kappa shape index (κ2) is 5.22. The quantitative estimate of drug-likeness (QED) is 0.435. The van der Waals surface area contributed by atoms with Gasteiger partial charge in [-0.3, -0.25) is 0 Å². The molecule has 0 saturated carbocycles. The Morgan fingerprint density at radius 1 is 1.78 bits per heavy atom. The lowest BCUT2D eigenvalue weighted by atomic mass is 10.5. The molecule has 9 heavy (non-hydrogen) atoms. The lowest BCUT2D eigenvalue weighted by molar-refractivity contribution is 0.563. The largest absolute Gasteiger partial charge is 0.231 e. The van der Waals surface area contributed by atoms with Crippen molar-refractivity contribution in [3.63, 3.8) is 0 Å². The SMILES string of the molecule is Cc1cccs1.N=C=O. The molecular weight excluding hydrogens is 134 g/mol. The molecule has 0 unspecified atom stereocenters. The van der Waals surface area contributed by atoms with E-state index in [9.17, 15) is 0 Å². The van der Waals surface area contributed by atoms with Gasteiger partial charge < -0.3 is 0 Å². The maximum absolute atomic E-state index is 8.35. The minimum atomic E-state index is 0.750. The topological polar surface area (TPSA) is 40.9 Å². The number of thiophene rings is 1. The fraction of sp³-hybridized carbons (Fsp3) is 0.167. The zero-order valence-electron chi connectivity index (χ0n) is 5.05. The molecule has 0 saturated heterocycles. The average Bonchev–Trinajstić information content (AvgIpc) is 2.20. The molecule has 1 rings (SSSR count). The summed E-state index contributed by atoms with van der Waals surface area (Å²) in [5, 5.41) is 7.48. The summed E-state index contributed by atoms with van der Waals surface area (Å²) < 4.78 is 0. The van der Waals surface area contributed by atoms with Gasteiger partial charge in [-0.15, -0.1) is 11.3 Å². The van der Waals surface area contributed by atoms with Crippen LogP contribution in [0, 0.1) is 12.3 Å². The first-order valence-electron chi connectivity index (χ1n) is 2.35. The van der Waals surface area contributed by atoms with Crippen LogP contribution in [0.3, 0.4) is 0 Å². The van der Waals surface area contributed by atoms with E-state index in [0.29, 0.717) is 0 Å². The Balaban J connectivity index is 0.000000187. The molecule has 0 radical (unpaired) electrons. The molecule has 0 amide bonds. The second-order valence-electron chi connectivity index (χ2n) is 1.33. The Bertz CT molecular complexity index is 175. The van der Waals surface area contributed by atoms with Gasteiger partial charge in [0.15, 0.2) is 0 Å². The van der Waals surface area contributed by atoms with Crippen LogP contribution in [0.1, 0.15) is 4.88 Å². The molecule has 48 valence electrons. The summed E-state index contributed by atoms with van der Waals surface area (Å²) in [6.45, 7) is 2.10. The smallest absolute Gasteiger partial charge is 0.222 e. The van der Waals surface area contributed by atoms with Crippen LogP contribution in [-0.2, 0) is 4.79 Å². The number of nitrogens with one attached hydrogen (secondary N) is 1. The van der Waals surface area contributed by atoms with Crippen molar-refractivity contribution in [3.8, 4) is 0 Å². The molecule has 0 aliphatic heterocycles. The maximum atomic E-state index is 8.35. The zero-order valence-corrected chi connectivity index (χ0v) is 5.87. The molecule has 0 fully saturated rings. The molecule has 1 N–H and O–H groups in total. The van der Waals surface area contributed by atoms with Crippen molar-refractivity contribution in [2.45, 2.75) is 6.92 Å². The van der Waals surface area contributed by atoms with Gasteiger partial charge in [0, 0.05) is 4.88 Å². The predicted molar refractivity (Wildman–Crippen MR) is 37.5 cm³/mol. The summed E-state index contributed by atoms with van der Waals surface area (Å²) in [7, 11) is 0. The first kappa shape index (κ1) is 8.08. The van der Waals surface area contributed by atoms with Crippen molar-refractivity contribution in [2.24, 2.45) is 0 Å². The van der Waals surface area contributed by atoms with Gasteiger partial charge in [-0.1, -0.05) is 6.07 Å². The number of hydrogen-bond donors (Lipinski definition) is 1. The van der Waals surface area contributed by atoms with E-state index in [1.54, 1.807) is 11.3 Å². The second-order valence-corrected chi connectivity index (χ2v) is 2.48. The van der Waals surface area contributed by atoms with Crippen molar-refractivity contribution in [3.05, 3.63) is 22.4 Å². The number of hydrogen-bond acceptors (Lipinski definition) is 3.